The van der Waals surface area contributed by atoms with Gasteiger partial charge in [0.2, 0.25) is 0 Å². The number of aliphatic carboxylic acids is 1. The smallest absolute Gasteiger partial charge is 0.303 e. The fourth-order valence-corrected chi connectivity index (χ4v) is 2.71. The Morgan fingerprint density at radius 3 is 2.65 bits per heavy atom. The highest BCUT2D eigenvalue weighted by Crippen LogP contribution is 2.06. The molecule has 2 N–H and O–H groups in total. The summed E-state index contributed by atoms with van der Waals surface area (Å²) in [5.41, 5.74) is 0. The third kappa shape index (κ3) is 5.70. The van der Waals surface area contributed by atoms with Gasteiger partial charge in [0.1, 0.15) is 0 Å². The van der Waals surface area contributed by atoms with Crippen molar-refractivity contribution in [3.8, 4) is 0 Å². The van der Waals surface area contributed by atoms with Gasteiger partial charge in [-0.1, -0.05) is 12.8 Å². The molecular weight excluding hydrogens is 282 g/mol. The van der Waals surface area contributed by atoms with Crippen LogP contribution >= 0.6 is 0 Å². The van der Waals surface area contributed by atoms with Gasteiger partial charge in [-0.05, 0) is 19.8 Å². The average Bonchev–Trinajstić information content (AvgIpc) is 2.86. The minimum Gasteiger partial charge on any atom is -0.481 e. The Hall–Kier alpha value is -1.41. The molecule has 7 nitrogen and oxygen atoms in total. The van der Waals surface area contributed by atoms with Crippen molar-refractivity contribution in [3.05, 3.63) is 12.5 Å². The summed E-state index contributed by atoms with van der Waals surface area (Å²) < 4.78 is 27.9. The largest absolute Gasteiger partial charge is 0.481 e. The van der Waals surface area contributed by atoms with Crippen LogP contribution in [0.1, 0.15) is 39.0 Å². The summed E-state index contributed by atoms with van der Waals surface area (Å²) in [5.74, 6) is -0.794. The molecule has 1 aromatic rings. The van der Waals surface area contributed by atoms with Crippen LogP contribution in [0, 0.1) is 0 Å². The molecular formula is C12H21N3O4S. The molecule has 0 aliphatic heterocycles. The fraction of sp³-hybridized carbons (Fsp3) is 0.667. The average molecular weight is 303 g/mol. The number of aryl methyl sites for hydroxylation is 1. The number of unbranched alkanes of at least 4 members (excludes halogenated alkanes) is 3. The maximum atomic E-state index is 11.9. The predicted octanol–water partition coefficient (Wildman–Crippen LogP) is 1.22. The molecule has 0 radical (unpaired) electrons. The Morgan fingerprint density at radius 1 is 1.35 bits per heavy atom. The predicted molar refractivity (Wildman–Crippen MR) is 73.8 cm³/mol. The van der Waals surface area contributed by atoms with E-state index < -0.39 is 16.0 Å². The Kier molecular flexibility index (Phi) is 6.66. The highest BCUT2D eigenvalue weighted by Gasteiger charge is 2.16. The number of hydrogen-bond donors (Lipinski definition) is 2. The normalized spacial score (nSPS) is 11.7. The van der Waals surface area contributed by atoms with Crippen LogP contribution < -0.4 is 4.72 Å². The van der Waals surface area contributed by atoms with E-state index in [1.54, 1.807) is 4.57 Å². The lowest BCUT2D eigenvalue weighted by Crippen LogP contribution is -2.25. The number of rotatable bonds is 10. The second-order valence-electron chi connectivity index (χ2n) is 4.50. The molecule has 1 heterocycles. The van der Waals surface area contributed by atoms with Crippen LogP contribution in [-0.2, 0) is 21.4 Å². The Morgan fingerprint density at radius 2 is 2.05 bits per heavy atom. The van der Waals surface area contributed by atoms with Crippen molar-refractivity contribution >= 4 is 16.0 Å². The van der Waals surface area contributed by atoms with E-state index in [9.17, 15) is 13.2 Å². The van der Waals surface area contributed by atoms with Crippen molar-refractivity contribution in [1.29, 1.82) is 0 Å². The molecule has 0 unspecified atom stereocenters. The van der Waals surface area contributed by atoms with Gasteiger partial charge in [0.15, 0.2) is 5.03 Å². The number of hydrogen-bond acceptors (Lipinski definition) is 4. The molecule has 0 fully saturated rings. The number of aromatic nitrogens is 2. The second kappa shape index (κ2) is 8.01. The molecule has 0 aromatic carbocycles. The summed E-state index contributed by atoms with van der Waals surface area (Å²) in [7, 11) is -3.53. The van der Waals surface area contributed by atoms with Crippen molar-refractivity contribution in [1.82, 2.24) is 14.3 Å². The molecule has 20 heavy (non-hydrogen) atoms. The van der Waals surface area contributed by atoms with Crippen molar-refractivity contribution < 1.29 is 18.3 Å². The number of carboxylic acid groups (broad SMARTS) is 1. The first-order valence-electron chi connectivity index (χ1n) is 6.69. The first-order chi connectivity index (χ1) is 9.45. The van der Waals surface area contributed by atoms with Crippen LogP contribution in [0.15, 0.2) is 17.6 Å². The van der Waals surface area contributed by atoms with Gasteiger partial charge in [-0.25, -0.2) is 18.1 Å². The number of nitrogens with zero attached hydrogens (tertiary/aromatic N) is 2. The summed E-state index contributed by atoms with van der Waals surface area (Å²) in [5, 5.41) is 8.50. The second-order valence-corrected chi connectivity index (χ2v) is 6.21. The summed E-state index contributed by atoms with van der Waals surface area (Å²) in [6, 6.07) is 0. The third-order valence-corrected chi connectivity index (χ3v) is 4.21. The third-order valence-electron chi connectivity index (χ3n) is 2.86. The van der Waals surface area contributed by atoms with Crippen molar-refractivity contribution in [2.24, 2.45) is 0 Å². The molecule has 0 bridgehead atoms. The molecule has 0 amide bonds. The van der Waals surface area contributed by atoms with Crippen LogP contribution in [0.25, 0.3) is 0 Å². The molecule has 1 aromatic heterocycles. The summed E-state index contributed by atoms with van der Waals surface area (Å²) in [6.07, 6.45) is 6.06. The van der Waals surface area contributed by atoms with E-state index in [4.69, 9.17) is 5.11 Å². The Bertz CT molecular complexity index is 525. The van der Waals surface area contributed by atoms with Gasteiger partial charge in [-0.15, -0.1) is 0 Å². The van der Waals surface area contributed by atoms with E-state index in [-0.39, 0.29) is 11.4 Å². The summed E-state index contributed by atoms with van der Waals surface area (Å²) >= 11 is 0. The maximum Gasteiger partial charge on any atom is 0.303 e. The van der Waals surface area contributed by atoms with Crippen LogP contribution in [0.3, 0.4) is 0 Å². The maximum absolute atomic E-state index is 11.9. The molecule has 0 saturated heterocycles. The van der Waals surface area contributed by atoms with E-state index in [1.165, 1.54) is 12.5 Å². The van der Waals surface area contributed by atoms with Crippen LogP contribution in [0.5, 0.6) is 0 Å². The molecule has 114 valence electrons. The van der Waals surface area contributed by atoms with Gasteiger partial charge in [0.05, 0.1) is 6.33 Å². The van der Waals surface area contributed by atoms with Gasteiger partial charge >= 0.3 is 5.97 Å². The van der Waals surface area contributed by atoms with Gasteiger partial charge in [0, 0.05) is 25.7 Å². The number of carboxylic acids is 1. The van der Waals surface area contributed by atoms with E-state index >= 15 is 0 Å². The van der Waals surface area contributed by atoms with Gasteiger partial charge in [0.25, 0.3) is 10.0 Å². The highest BCUT2D eigenvalue weighted by molar-refractivity contribution is 7.89. The number of carbonyl (C=O) groups is 1. The minimum atomic E-state index is -3.53. The van der Waals surface area contributed by atoms with Crippen LogP contribution in [-0.4, -0.2) is 35.6 Å². The zero-order valence-corrected chi connectivity index (χ0v) is 12.4. The lowest BCUT2D eigenvalue weighted by atomic mass is 10.1. The first kappa shape index (κ1) is 16.6. The Labute approximate surface area is 119 Å². The molecule has 0 aliphatic rings. The lowest BCUT2D eigenvalue weighted by Gasteiger charge is -2.04. The monoisotopic (exact) mass is 303 g/mol. The zero-order valence-electron chi connectivity index (χ0n) is 11.6. The van der Waals surface area contributed by atoms with E-state index in [2.05, 4.69) is 9.71 Å². The SMILES string of the molecule is CCn1cnc(S(=O)(=O)NCCCCCCC(=O)O)c1. The topological polar surface area (TPSA) is 101 Å². The van der Waals surface area contributed by atoms with Crippen molar-refractivity contribution in [2.45, 2.75) is 50.6 Å². The van der Waals surface area contributed by atoms with Crippen molar-refractivity contribution in [3.63, 3.8) is 0 Å². The number of nitrogens with one attached hydrogen (secondary N) is 1. The molecule has 1 rings (SSSR count). The van der Waals surface area contributed by atoms with E-state index in [1.807, 2.05) is 6.92 Å². The van der Waals surface area contributed by atoms with E-state index in [0.717, 1.165) is 12.8 Å². The van der Waals surface area contributed by atoms with Gasteiger partial charge < -0.3 is 9.67 Å². The summed E-state index contributed by atoms with van der Waals surface area (Å²) in [6.45, 7) is 2.92. The van der Waals surface area contributed by atoms with Crippen LogP contribution in [0.2, 0.25) is 0 Å². The minimum absolute atomic E-state index is 0.0326. The molecule has 0 atom stereocenters. The molecule has 8 heteroatoms. The molecule has 0 spiro atoms. The molecule has 0 saturated carbocycles. The van der Waals surface area contributed by atoms with Gasteiger partial charge in [-0.2, -0.15) is 0 Å². The van der Waals surface area contributed by atoms with E-state index in [0.29, 0.717) is 25.9 Å². The van der Waals surface area contributed by atoms with Gasteiger partial charge in [-0.3, -0.25) is 4.79 Å². The summed E-state index contributed by atoms with van der Waals surface area (Å²) in [4.78, 5) is 14.2. The highest BCUT2D eigenvalue weighted by atomic mass is 32.2. The molecule has 0 aliphatic carbocycles. The first-order valence-corrected chi connectivity index (χ1v) is 8.17. The lowest BCUT2D eigenvalue weighted by molar-refractivity contribution is -0.137. The number of imidazole rings is 1. The standard InChI is InChI=1S/C12H21N3O4S/c1-2-15-9-11(13-10-15)20(18,19)14-8-6-4-3-5-7-12(16)17/h9-10,14H,2-8H2,1H3,(H,16,17). The zero-order chi connectivity index (χ0) is 15.0. The quantitative estimate of drug-likeness (QED) is 0.633. The fourth-order valence-electron chi connectivity index (χ4n) is 1.69. The number of sulfonamides is 1. The van der Waals surface area contributed by atoms with Crippen LogP contribution in [0.4, 0.5) is 0 Å². The Balaban J connectivity index is 2.25. The van der Waals surface area contributed by atoms with Crippen molar-refractivity contribution in [2.75, 3.05) is 6.54 Å².